The highest BCUT2D eigenvalue weighted by molar-refractivity contribution is 5.60. The SMILES string of the molecule is O=C(O)Oc1cnc(O)nc1. The van der Waals surface area contributed by atoms with E-state index in [0.717, 1.165) is 12.4 Å². The maximum Gasteiger partial charge on any atom is 0.511 e. The minimum absolute atomic E-state index is 0.0321. The second-order valence-corrected chi connectivity index (χ2v) is 1.59. The van der Waals surface area contributed by atoms with Crippen LogP contribution in [0, 0.1) is 0 Å². The third-order valence-corrected chi connectivity index (χ3v) is 0.820. The third-order valence-electron chi connectivity index (χ3n) is 0.820. The lowest BCUT2D eigenvalue weighted by Gasteiger charge is -1.95. The summed E-state index contributed by atoms with van der Waals surface area (Å²) in [6.07, 6.45) is 0.659. The van der Waals surface area contributed by atoms with E-state index in [1.807, 2.05) is 0 Å². The van der Waals surface area contributed by atoms with E-state index in [9.17, 15) is 4.79 Å². The van der Waals surface area contributed by atoms with Crippen LogP contribution in [0.25, 0.3) is 0 Å². The Kier molecular flexibility index (Phi) is 1.86. The molecule has 0 aliphatic carbocycles. The number of aromatic nitrogens is 2. The molecule has 0 saturated carbocycles. The van der Waals surface area contributed by atoms with Crippen molar-refractivity contribution in [3.8, 4) is 11.8 Å². The highest BCUT2D eigenvalue weighted by Crippen LogP contribution is 2.07. The molecule has 6 heteroatoms. The van der Waals surface area contributed by atoms with E-state index in [1.165, 1.54) is 0 Å². The molecule has 1 rings (SSSR count). The van der Waals surface area contributed by atoms with Crippen LogP contribution >= 0.6 is 0 Å². The van der Waals surface area contributed by atoms with Crippen molar-refractivity contribution in [2.75, 3.05) is 0 Å². The molecule has 0 saturated heterocycles. The number of carbonyl (C=O) groups is 1. The van der Waals surface area contributed by atoms with Crippen LogP contribution in [0.3, 0.4) is 0 Å². The van der Waals surface area contributed by atoms with Crippen LogP contribution in [0.5, 0.6) is 11.8 Å². The summed E-state index contributed by atoms with van der Waals surface area (Å²) in [6, 6.07) is -0.428. The average molecular weight is 156 g/mol. The number of rotatable bonds is 1. The molecule has 0 amide bonds. The summed E-state index contributed by atoms with van der Waals surface area (Å²) >= 11 is 0. The van der Waals surface area contributed by atoms with Crippen molar-refractivity contribution in [2.45, 2.75) is 0 Å². The van der Waals surface area contributed by atoms with Gasteiger partial charge in [-0.1, -0.05) is 0 Å². The van der Waals surface area contributed by atoms with E-state index in [1.54, 1.807) is 0 Å². The number of nitrogens with zero attached hydrogens (tertiary/aromatic N) is 2. The minimum atomic E-state index is -1.45. The average Bonchev–Trinajstić information content (AvgIpc) is 1.93. The Morgan fingerprint density at radius 1 is 1.45 bits per heavy atom. The number of hydrogen-bond donors (Lipinski definition) is 2. The molecule has 6 nitrogen and oxygen atoms in total. The fourth-order valence-corrected chi connectivity index (χ4v) is 0.463. The lowest BCUT2D eigenvalue weighted by molar-refractivity contribution is 0.144. The van der Waals surface area contributed by atoms with Crippen LogP contribution < -0.4 is 4.74 Å². The predicted molar refractivity (Wildman–Crippen MR) is 32.3 cm³/mol. The summed E-state index contributed by atoms with van der Waals surface area (Å²) in [6.45, 7) is 0. The Balaban J connectivity index is 2.74. The van der Waals surface area contributed by atoms with Gasteiger partial charge in [0.05, 0.1) is 12.4 Å². The minimum Gasteiger partial charge on any atom is -0.479 e. The zero-order valence-corrected chi connectivity index (χ0v) is 5.26. The zero-order valence-electron chi connectivity index (χ0n) is 5.26. The van der Waals surface area contributed by atoms with Gasteiger partial charge in [0.2, 0.25) is 0 Å². The van der Waals surface area contributed by atoms with E-state index in [4.69, 9.17) is 10.2 Å². The Bertz CT molecular complexity index is 258. The quantitative estimate of drug-likeness (QED) is 0.565. The standard InChI is InChI=1S/C5H4N2O4/c8-4-6-1-3(2-7-4)11-5(9)10/h1-2H,(H,9,10)(H,6,7,8). The maximum absolute atomic E-state index is 9.91. The van der Waals surface area contributed by atoms with E-state index in [0.29, 0.717) is 0 Å². The van der Waals surface area contributed by atoms with Gasteiger partial charge in [-0.3, -0.25) is 0 Å². The van der Waals surface area contributed by atoms with Crippen molar-refractivity contribution >= 4 is 6.16 Å². The van der Waals surface area contributed by atoms with Crippen molar-refractivity contribution < 1.29 is 19.7 Å². The van der Waals surface area contributed by atoms with Crippen LogP contribution in [-0.4, -0.2) is 26.3 Å². The first-order valence-electron chi connectivity index (χ1n) is 2.60. The molecule has 2 N–H and O–H groups in total. The normalized spacial score (nSPS) is 9.09. The van der Waals surface area contributed by atoms with Gasteiger partial charge in [0, 0.05) is 0 Å². The molecular formula is C5H4N2O4. The number of ether oxygens (including phenoxy) is 1. The molecule has 11 heavy (non-hydrogen) atoms. The van der Waals surface area contributed by atoms with Crippen LogP contribution in [0.2, 0.25) is 0 Å². The fraction of sp³-hybridized carbons (Fsp3) is 0. The molecule has 0 aliphatic heterocycles. The molecule has 1 aromatic heterocycles. The van der Waals surface area contributed by atoms with Crippen molar-refractivity contribution in [3.05, 3.63) is 12.4 Å². The first-order chi connectivity index (χ1) is 5.18. The summed E-state index contributed by atoms with van der Waals surface area (Å²) in [5.41, 5.74) is 0. The second kappa shape index (κ2) is 2.82. The van der Waals surface area contributed by atoms with Gasteiger partial charge in [0.15, 0.2) is 5.75 Å². The lowest BCUT2D eigenvalue weighted by atomic mass is 10.6. The zero-order chi connectivity index (χ0) is 8.27. The Morgan fingerprint density at radius 2 is 2.00 bits per heavy atom. The number of aromatic hydroxyl groups is 1. The summed E-state index contributed by atoms with van der Waals surface area (Å²) < 4.78 is 4.15. The lowest BCUT2D eigenvalue weighted by Crippen LogP contribution is -2.03. The molecule has 0 fully saturated rings. The third kappa shape index (κ3) is 2.09. The van der Waals surface area contributed by atoms with Gasteiger partial charge in [0.25, 0.3) is 0 Å². The summed E-state index contributed by atoms with van der Waals surface area (Å²) in [4.78, 5) is 16.5. The van der Waals surface area contributed by atoms with Gasteiger partial charge in [0.1, 0.15) is 0 Å². The molecular weight excluding hydrogens is 152 g/mol. The molecule has 0 spiro atoms. The number of hydrogen-bond acceptors (Lipinski definition) is 5. The molecule has 58 valence electrons. The van der Waals surface area contributed by atoms with Gasteiger partial charge in [-0.05, 0) is 0 Å². The Hall–Kier alpha value is -1.85. The smallest absolute Gasteiger partial charge is 0.479 e. The van der Waals surface area contributed by atoms with Gasteiger partial charge in [-0.15, -0.1) is 0 Å². The molecule has 0 aliphatic rings. The van der Waals surface area contributed by atoms with Crippen LogP contribution in [0.15, 0.2) is 12.4 Å². The molecule has 0 aromatic carbocycles. The highest BCUT2D eigenvalue weighted by atomic mass is 16.7. The van der Waals surface area contributed by atoms with Gasteiger partial charge in [-0.25, -0.2) is 4.79 Å². The summed E-state index contributed by atoms with van der Waals surface area (Å²) in [5, 5.41) is 16.7. The molecule has 1 aromatic rings. The van der Waals surface area contributed by atoms with Crippen molar-refractivity contribution in [1.29, 1.82) is 0 Å². The molecule has 0 unspecified atom stereocenters. The highest BCUT2D eigenvalue weighted by Gasteiger charge is 2.00. The number of carboxylic acid groups (broad SMARTS) is 1. The maximum atomic E-state index is 9.91. The monoisotopic (exact) mass is 156 g/mol. The Morgan fingerprint density at radius 3 is 2.45 bits per heavy atom. The first-order valence-corrected chi connectivity index (χ1v) is 2.60. The fourth-order valence-electron chi connectivity index (χ4n) is 0.463. The van der Waals surface area contributed by atoms with E-state index < -0.39 is 12.2 Å². The van der Waals surface area contributed by atoms with Crippen molar-refractivity contribution in [3.63, 3.8) is 0 Å². The Labute approximate surface area is 61.1 Å². The molecule has 0 atom stereocenters. The van der Waals surface area contributed by atoms with Gasteiger partial charge in [-0.2, -0.15) is 9.97 Å². The van der Waals surface area contributed by atoms with Crippen LogP contribution in [0.1, 0.15) is 0 Å². The predicted octanol–water partition coefficient (Wildman–Crippen LogP) is 0.239. The largest absolute Gasteiger partial charge is 0.511 e. The van der Waals surface area contributed by atoms with E-state index >= 15 is 0 Å². The van der Waals surface area contributed by atoms with Gasteiger partial charge >= 0.3 is 12.2 Å². The topological polar surface area (TPSA) is 92.5 Å². The van der Waals surface area contributed by atoms with E-state index in [2.05, 4.69) is 14.7 Å². The van der Waals surface area contributed by atoms with Crippen LogP contribution in [-0.2, 0) is 0 Å². The van der Waals surface area contributed by atoms with Crippen molar-refractivity contribution in [1.82, 2.24) is 9.97 Å². The van der Waals surface area contributed by atoms with Crippen molar-refractivity contribution in [2.24, 2.45) is 0 Å². The molecule has 0 radical (unpaired) electrons. The molecule has 1 heterocycles. The summed E-state index contributed by atoms with van der Waals surface area (Å²) in [7, 11) is 0. The summed E-state index contributed by atoms with van der Waals surface area (Å²) in [5.74, 6) is -0.0321. The van der Waals surface area contributed by atoms with Gasteiger partial charge < -0.3 is 14.9 Å². The molecule has 0 bridgehead atoms. The second-order valence-electron chi connectivity index (χ2n) is 1.59. The first kappa shape index (κ1) is 7.26. The van der Waals surface area contributed by atoms with Crippen LogP contribution in [0.4, 0.5) is 4.79 Å². The van der Waals surface area contributed by atoms with E-state index in [-0.39, 0.29) is 5.75 Å².